The SMILES string of the molecule is C#Cc1cc2c(C#C)c(Oc3ccc(O)c(N)c3)c(C#C)cc2c(C#C)c1Oc1ccc(O)c(N)c1. The number of benzene rings is 4. The number of nitrogens with two attached hydrogens (primary N) is 2. The minimum Gasteiger partial charge on any atom is -0.506 e. The number of fused-ring (bicyclic) bond motifs is 1. The predicted octanol–water partition coefficient (Wildman–Crippen LogP) is 4.93. The third-order valence-corrected chi connectivity index (χ3v) is 5.39. The Morgan fingerprint density at radius 3 is 1.28 bits per heavy atom. The van der Waals surface area contributed by atoms with Crippen molar-refractivity contribution in [2.45, 2.75) is 0 Å². The van der Waals surface area contributed by atoms with Crippen LogP contribution < -0.4 is 20.9 Å². The topological polar surface area (TPSA) is 111 Å². The van der Waals surface area contributed by atoms with Gasteiger partial charge in [0.05, 0.1) is 33.6 Å². The van der Waals surface area contributed by atoms with E-state index in [0.717, 1.165) is 0 Å². The van der Waals surface area contributed by atoms with E-state index in [1.807, 2.05) is 0 Å². The first-order chi connectivity index (χ1) is 17.3. The van der Waals surface area contributed by atoms with Crippen LogP contribution in [0, 0.1) is 49.4 Å². The summed E-state index contributed by atoms with van der Waals surface area (Å²) in [4.78, 5) is 0. The molecule has 0 saturated heterocycles. The van der Waals surface area contributed by atoms with Gasteiger partial charge in [0.25, 0.3) is 0 Å². The second kappa shape index (κ2) is 9.20. The van der Waals surface area contributed by atoms with Crippen molar-refractivity contribution in [3.8, 4) is 83.9 Å². The Balaban J connectivity index is 1.97. The standard InChI is InChI=1S/C30H18N2O4/c1-5-17-13-23-22(8-4)30(36-20-10-12-28(34)26(32)16-20)18(6-2)14-24(23)21(7-3)29(17)35-19-9-11-27(33)25(31)15-19/h1-4,9-16,33-34H,31-32H2. The van der Waals surface area contributed by atoms with Crippen molar-refractivity contribution >= 4 is 22.1 Å². The number of aromatic hydroxyl groups is 2. The van der Waals surface area contributed by atoms with Gasteiger partial charge < -0.3 is 31.2 Å². The van der Waals surface area contributed by atoms with Gasteiger partial charge in [-0.3, -0.25) is 0 Å². The molecule has 0 bridgehead atoms. The molecule has 0 aliphatic rings. The van der Waals surface area contributed by atoms with Crippen LogP contribution in [0.1, 0.15) is 22.3 Å². The first-order valence-electron chi connectivity index (χ1n) is 10.4. The lowest BCUT2D eigenvalue weighted by Gasteiger charge is -2.18. The molecule has 4 rings (SSSR count). The smallest absolute Gasteiger partial charge is 0.159 e. The monoisotopic (exact) mass is 470 g/mol. The van der Waals surface area contributed by atoms with E-state index in [-0.39, 0.29) is 34.4 Å². The number of phenols is 2. The average molecular weight is 470 g/mol. The minimum absolute atomic E-state index is 0.0875. The Labute approximate surface area is 208 Å². The van der Waals surface area contributed by atoms with Crippen LogP contribution in [-0.2, 0) is 0 Å². The van der Waals surface area contributed by atoms with Crippen molar-refractivity contribution < 1.29 is 19.7 Å². The second-order valence-corrected chi connectivity index (χ2v) is 7.57. The number of rotatable bonds is 4. The van der Waals surface area contributed by atoms with Crippen molar-refractivity contribution in [3.05, 3.63) is 70.8 Å². The summed E-state index contributed by atoms with van der Waals surface area (Å²) < 4.78 is 12.0. The van der Waals surface area contributed by atoms with E-state index in [1.54, 1.807) is 12.1 Å². The summed E-state index contributed by atoms with van der Waals surface area (Å²) in [5, 5.41) is 20.5. The highest BCUT2D eigenvalue weighted by atomic mass is 16.5. The molecule has 0 aliphatic heterocycles. The Morgan fingerprint density at radius 1 is 0.583 bits per heavy atom. The van der Waals surface area contributed by atoms with Crippen LogP contribution in [0.2, 0.25) is 0 Å². The van der Waals surface area contributed by atoms with Crippen molar-refractivity contribution in [3.63, 3.8) is 0 Å². The third-order valence-electron chi connectivity index (χ3n) is 5.39. The predicted molar refractivity (Wildman–Crippen MR) is 141 cm³/mol. The summed E-state index contributed by atoms with van der Waals surface area (Å²) in [6.07, 6.45) is 23.4. The van der Waals surface area contributed by atoms with Gasteiger partial charge in [-0.15, -0.1) is 25.7 Å². The Bertz CT molecular complexity index is 1600. The summed E-state index contributed by atoms with van der Waals surface area (Å²) in [7, 11) is 0. The zero-order valence-electron chi connectivity index (χ0n) is 18.8. The molecule has 4 aromatic rings. The van der Waals surface area contributed by atoms with E-state index in [4.69, 9.17) is 46.6 Å². The molecular weight excluding hydrogens is 452 g/mol. The largest absolute Gasteiger partial charge is 0.506 e. The Kier molecular flexibility index (Phi) is 5.97. The highest BCUT2D eigenvalue weighted by Gasteiger charge is 2.21. The molecule has 6 nitrogen and oxygen atoms in total. The van der Waals surface area contributed by atoms with Gasteiger partial charge in [0.15, 0.2) is 11.5 Å². The van der Waals surface area contributed by atoms with Crippen LogP contribution in [0.3, 0.4) is 0 Å². The first-order valence-corrected chi connectivity index (χ1v) is 10.4. The van der Waals surface area contributed by atoms with E-state index in [0.29, 0.717) is 44.5 Å². The van der Waals surface area contributed by atoms with Crippen LogP contribution >= 0.6 is 0 Å². The zero-order chi connectivity index (χ0) is 26.0. The van der Waals surface area contributed by atoms with Gasteiger partial charge in [-0.2, -0.15) is 0 Å². The quantitative estimate of drug-likeness (QED) is 0.191. The summed E-state index contributed by atoms with van der Waals surface area (Å²) in [6, 6.07) is 12.0. The number of nitrogen functional groups attached to an aromatic ring is 2. The van der Waals surface area contributed by atoms with E-state index in [2.05, 4.69) is 23.7 Å². The van der Waals surface area contributed by atoms with E-state index >= 15 is 0 Å². The van der Waals surface area contributed by atoms with Crippen LogP contribution in [0.4, 0.5) is 11.4 Å². The van der Waals surface area contributed by atoms with Crippen LogP contribution in [0.5, 0.6) is 34.5 Å². The van der Waals surface area contributed by atoms with Crippen molar-refractivity contribution in [1.29, 1.82) is 0 Å². The van der Waals surface area contributed by atoms with Gasteiger partial charge in [-0.25, -0.2) is 0 Å². The van der Waals surface area contributed by atoms with E-state index in [9.17, 15) is 10.2 Å². The molecule has 4 aromatic carbocycles. The van der Waals surface area contributed by atoms with Gasteiger partial charge in [-0.1, -0.05) is 23.7 Å². The molecule has 6 N–H and O–H groups in total. The molecule has 0 atom stereocenters. The summed E-state index contributed by atoms with van der Waals surface area (Å²) >= 11 is 0. The number of hydrogen-bond acceptors (Lipinski definition) is 6. The lowest BCUT2D eigenvalue weighted by Crippen LogP contribution is -2.00. The van der Waals surface area contributed by atoms with Gasteiger partial charge in [0.1, 0.15) is 23.0 Å². The zero-order valence-corrected chi connectivity index (χ0v) is 18.8. The molecule has 6 heteroatoms. The first kappa shape index (κ1) is 23.3. The molecule has 0 aliphatic carbocycles. The average Bonchev–Trinajstić information content (AvgIpc) is 2.87. The van der Waals surface area contributed by atoms with E-state index in [1.165, 1.54) is 36.4 Å². The fourth-order valence-electron chi connectivity index (χ4n) is 3.64. The van der Waals surface area contributed by atoms with Crippen molar-refractivity contribution in [2.24, 2.45) is 0 Å². The molecule has 0 heterocycles. The number of terminal acetylenes is 4. The normalized spacial score (nSPS) is 10.0. The van der Waals surface area contributed by atoms with Gasteiger partial charge in [0.2, 0.25) is 0 Å². The summed E-state index contributed by atoms with van der Waals surface area (Å²) in [6.45, 7) is 0. The van der Waals surface area contributed by atoms with E-state index < -0.39 is 0 Å². The Hall–Kier alpha value is -5.82. The number of ether oxygens (including phenoxy) is 2. The molecule has 0 amide bonds. The molecule has 0 unspecified atom stereocenters. The molecule has 0 spiro atoms. The number of anilines is 2. The summed E-state index contributed by atoms with van der Waals surface area (Å²) in [5.41, 5.74) is 13.1. The maximum atomic E-state index is 9.71. The van der Waals surface area contributed by atoms with Crippen molar-refractivity contribution in [1.82, 2.24) is 0 Å². The molecule has 0 fully saturated rings. The molecule has 0 aromatic heterocycles. The highest BCUT2D eigenvalue weighted by Crippen LogP contribution is 2.42. The minimum atomic E-state index is -0.0875. The molecule has 172 valence electrons. The molecular formula is C30H18N2O4. The number of hydrogen-bond donors (Lipinski definition) is 4. The maximum absolute atomic E-state index is 9.71. The lowest BCUT2D eigenvalue weighted by atomic mass is 9.93. The lowest BCUT2D eigenvalue weighted by molar-refractivity contribution is 0.465. The number of phenolic OH excluding ortho intramolecular Hbond substituents is 2. The Morgan fingerprint density at radius 2 is 0.972 bits per heavy atom. The highest BCUT2D eigenvalue weighted by molar-refractivity contribution is 5.99. The van der Waals surface area contributed by atoms with Crippen LogP contribution in [0.15, 0.2) is 48.5 Å². The van der Waals surface area contributed by atoms with Crippen LogP contribution in [0.25, 0.3) is 10.8 Å². The second-order valence-electron chi connectivity index (χ2n) is 7.57. The maximum Gasteiger partial charge on any atom is 0.159 e. The van der Waals surface area contributed by atoms with Gasteiger partial charge in [0, 0.05) is 22.9 Å². The molecule has 0 radical (unpaired) electrons. The molecule has 36 heavy (non-hydrogen) atoms. The van der Waals surface area contributed by atoms with Crippen LogP contribution in [-0.4, -0.2) is 10.2 Å². The fraction of sp³-hybridized carbons (Fsp3) is 0. The van der Waals surface area contributed by atoms with Gasteiger partial charge >= 0.3 is 0 Å². The fourth-order valence-corrected chi connectivity index (χ4v) is 3.64. The summed E-state index contributed by atoms with van der Waals surface area (Å²) in [5.74, 6) is 11.3. The molecule has 0 saturated carbocycles. The third kappa shape index (κ3) is 4.00. The van der Waals surface area contributed by atoms with Crippen molar-refractivity contribution in [2.75, 3.05) is 11.5 Å². The van der Waals surface area contributed by atoms with Gasteiger partial charge in [-0.05, 0) is 36.4 Å².